The van der Waals surface area contributed by atoms with Gasteiger partial charge in [0, 0.05) is 23.1 Å². The van der Waals surface area contributed by atoms with Crippen molar-refractivity contribution in [1.82, 2.24) is 0 Å². The third-order valence-corrected chi connectivity index (χ3v) is 9.99. The molecule has 0 amide bonds. The van der Waals surface area contributed by atoms with Crippen molar-refractivity contribution >= 4 is 44.7 Å². The Kier molecular flexibility index (Phi) is 12.8. The Bertz CT molecular complexity index is 2730. The van der Waals surface area contributed by atoms with Crippen LogP contribution in [0.5, 0.6) is 0 Å². The van der Waals surface area contributed by atoms with Gasteiger partial charge in [-0.2, -0.15) is 4.57 Å². The molecule has 0 aliphatic carbocycles. The Morgan fingerprint density at radius 2 is 0.615 bits per heavy atom. The first-order valence-corrected chi connectivity index (χ1v) is 17.3. The molecule has 6 aromatic carbocycles. The van der Waals surface area contributed by atoms with Crippen molar-refractivity contribution in [3.8, 4) is 0 Å². The molecule has 0 radical (unpaired) electrons. The van der Waals surface area contributed by atoms with Crippen molar-refractivity contribution in [2.24, 2.45) is 0 Å². The van der Waals surface area contributed by atoms with E-state index < -0.39 is 150 Å². The number of hydrogen-bond acceptors (Lipinski definition) is 1. The number of pyridine rings is 1. The molecule has 65 heavy (non-hydrogen) atoms. The summed E-state index contributed by atoms with van der Waals surface area (Å²) in [5.74, 6) is -71.9. The van der Waals surface area contributed by atoms with Crippen LogP contribution in [0, 0.1) is 122 Å². The molecule has 0 saturated heterocycles. The molecule has 338 valence electrons. The van der Waals surface area contributed by atoms with E-state index >= 15 is 35.1 Å². The number of nitrogens with zero attached hydrogens (tertiary/aromatic N) is 1. The van der Waals surface area contributed by atoms with Crippen molar-refractivity contribution in [2.45, 2.75) is 6.54 Å². The minimum Gasteiger partial charge on any atom is -0.287 e. The molecule has 7 aromatic rings. The topological polar surface area (TPSA) is 20.9 Å². The monoisotopic (exact) mass is 945 g/mol. The van der Waals surface area contributed by atoms with E-state index in [4.69, 9.17) is 0 Å². The second-order valence-electron chi connectivity index (χ2n) is 13.4. The van der Waals surface area contributed by atoms with E-state index in [2.05, 4.69) is 0 Å². The number of hydrogen-bond donors (Lipinski definition) is 0. The predicted octanol–water partition coefficient (Wildman–Crippen LogP) is 9.00. The zero-order chi connectivity index (χ0) is 48.3. The molecule has 1 aromatic heterocycles. The molecular weight excluding hydrogens is 932 g/mol. The van der Waals surface area contributed by atoms with Crippen LogP contribution in [0.15, 0.2) is 66.7 Å². The van der Waals surface area contributed by atoms with Gasteiger partial charge in [0.2, 0.25) is 17.8 Å². The molecule has 7 rings (SSSR count). The number of para-hydroxylation sites is 1. The Labute approximate surface area is 347 Å². The molecule has 0 saturated carbocycles. The number of carbonyl (C=O) groups is 1. The van der Waals surface area contributed by atoms with E-state index in [1.807, 2.05) is 30.3 Å². The summed E-state index contributed by atoms with van der Waals surface area (Å²) in [6, 6.07) is 19.5. The SMILES string of the molecule is Fc1c(F)c(F)c([B-](c2c(F)c(F)c(F)c(F)c2F)(c2c(F)c(F)c(F)c(F)c2F)c2c(F)c(F)c(F)c(F)c2F)c(F)c1F.O=C(C[n+]1c(F)ccc2ccccc21)c1ccccc1. The first kappa shape index (κ1) is 47.5. The summed E-state index contributed by atoms with van der Waals surface area (Å²) in [5, 5.41) is 0.912. The fourth-order valence-electron chi connectivity index (χ4n) is 7.13. The van der Waals surface area contributed by atoms with Crippen molar-refractivity contribution in [2.75, 3.05) is 0 Å². The molecule has 0 atom stereocenters. The summed E-state index contributed by atoms with van der Waals surface area (Å²) >= 11 is 0. The Morgan fingerprint density at radius 1 is 0.338 bits per heavy atom. The smallest absolute Gasteiger partial charge is 0.287 e. The van der Waals surface area contributed by atoms with Gasteiger partial charge in [0.15, 0.2) is 69.8 Å². The highest BCUT2D eigenvalue weighted by Gasteiger charge is 2.52. The number of Topliss-reactive ketones (excluding diaryl/α,β-unsaturated/α-hetero) is 1. The molecule has 0 unspecified atom stereocenters. The van der Waals surface area contributed by atoms with Gasteiger partial charge < -0.3 is 0 Å². The largest absolute Gasteiger partial charge is 0.360 e. The van der Waals surface area contributed by atoms with Crippen LogP contribution in [-0.4, -0.2) is 11.9 Å². The van der Waals surface area contributed by atoms with Crippen LogP contribution in [0.1, 0.15) is 10.4 Å². The zero-order valence-electron chi connectivity index (χ0n) is 30.9. The number of rotatable bonds is 7. The van der Waals surface area contributed by atoms with Crippen LogP contribution in [0.4, 0.5) is 92.2 Å². The van der Waals surface area contributed by atoms with Gasteiger partial charge in [0.25, 0.3) is 0 Å². The highest BCUT2D eigenvalue weighted by Crippen LogP contribution is 2.31. The zero-order valence-corrected chi connectivity index (χ0v) is 30.9. The summed E-state index contributed by atoms with van der Waals surface area (Å²) in [5.41, 5.74) is -13.0. The lowest BCUT2D eigenvalue weighted by atomic mass is 9.12. The summed E-state index contributed by atoms with van der Waals surface area (Å²) in [4.78, 5) is 12.2. The van der Waals surface area contributed by atoms with E-state index in [1.165, 1.54) is 10.6 Å². The first-order chi connectivity index (χ1) is 30.5. The molecular formula is C41H13BF21NO. The minimum absolute atomic E-state index is 0.00278. The molecule has 0 aliphatic heterocycles. The van der Waals surface area contributed by atoms with Gasteiger partial charge in [-0.25, -0.2) is 87.8 Å². The van der Waals surface area contributed by atoms with Gasteiger partial charge >= 0.3 is 5.95 Å². The second-order valence-corrected chi connectivity index (χ2v) is 13.4. The van der Waals surface area contributed by atoms with Crippen molar-refractivity contribution in [1.29, 1.82) is 0 Å². The lowest BCUT2D eigenvalue weighted by molar-refractivity contribution is -0.686. The third-order valence-electron chi connectivity index (χ3n) is 9.99. The van der Waals surface area contributed by atoms with E-state index in [0.29, 0.717) is 5.56 Å². The Balaban J connectivity index is 0.000000289. The maximum absolute atomic E-state index is 15.4. The average molecular weight is 945 g/mol. The van der Waals surface area contributed by atoms with Gasteiger partial charge in [-0.05, 0) is 12.1 Å². The normalized spacial score (nSPS) is 11.6. The van der Waals surface area contributed by atoms with E-state index in [-0.39, 0.29) is 12.3 Å². The van der Waals surface area contributed by atoms with Gasteiger partial charge in [-0.15, -0.1) is 26.2 Å². The third kappa shape index (κ3) is 7.36. The molecule has 0 fully saturated rings. The van der Waals surface area contributed by atoms with Gasteiger partial charge in [0.05, 0.1) is 0 Å². The molecule has 24 heteroatoms. The molecule has 0 N–H and O–H groups in total. The number of benzene rings is 6. The van der Waals surface area contributed by atoms with E-state index in [0.717, 1.165) is 10.9 Å². The standard InChI is InChI=1S/C24BF20.C17H13FNO/c26-5-1(6(27)14(35)21(42)13(5)34)25(2-7(28)15(36)22(43)16(37)8(2)29,3-9(30)17(38)23(44)18(39)10(3)31)4-11(32)19(40)24(45)20(41)12(4)33;18-17-11-10-13-6-4-5-9-15(13)19(17)12-16(20)14-7-2-1-3-8-14/h;1-11H,12H2/q-1;+1. The van der Waals surface area contributed by atoms with Crippen LogP contribution in [0.3, 0.4) is 0 Å². The highest BCUT2D eigenvalue weighted by atomic mass is 19.2. The van der Waals surface area contributed by atoms with Crippen molar-refractivity contribution in [3.63, 3.8) is 0 Å². The second kappa shape index (κ2) is 17.5. The summed E-state index contributed by atoms with van der Waals surface area (Å²) in [7, 11) is 0. The van der Waals surface area contributed by atoms with E-state index in [1.54, 1.807) is 30.3 Å². The molecule has 0 spiro atoms. The van der Waals surface area contributed by atoms with Crippen LogP contribution < -0.4 is 26.4 Å². The van der Waals surface area contributed by atoms with Crippen LogP contribution in [0.2, 0.25) is 0 Å². The Hall–Kier alpha value is -7.01. The number of halogens is 21. The Morgan fingerprint density at radius 3 is 0.938 bits per heavy atom. The maximum atomic E-state index is 15.4. The first-order valence-electron chi connectivity index (χ1n) is 17.3. The fraction of sp³-hybridized carbons (Fsp3) is 0.0244. The lowest BCUT2D eigenvalue weighted by Crippen LogP contribution is -2.81. The highest BCUT2D eigenvalue weighted by molar-refractivity contribution is 7.20. The van der Waals surface area contributed by atoms with Crippen molar-refractivity contribution < 1.29 is 102 Å². The predicted molar refractivity (Wildman–Crippen MR) is 184 cm³/mol. The number of fused-ring (bicyclic) bond motifs is 1. The summed E-state index contributed by atoms with van der Waals surface area (Å²) in [6.45, 7) is -0.00278. The molecule has 1 heterocycles. The fourth-order valence-corrected chi connectivity index (χ4v) is 7.13. The van der Waals surface area contributed by atoms with Crippen LogP contribution in [-0.2, 0) is 6.54 Å². The number of aromatic nitrogens is 1. The maximum Gasteiger partial charge on any atom is 0.360 e. The minimum atomic E-state index is -7.22. The number of carbonyl (C=O) groups excluding carboxylic acids is 1. The van der Waals surface area contributed by atoms with Gasteiger partial charge in [0.1, 0.15) is 52.7 Å². The average Bonchev–Trinajstić information content (AvgIpc) is 3.30. The lowest BCUT2D eigenvalue weighted by Gasteiger charge is -2.44. The van der Waals surface area contributed by atoms with E-state index in [9.17, 15) is 61.9 Å². The molecule has 2 nitrogen and oxygen atoms in total. The van der Waals surface area contributed by atoms with Crippen molar-refractivity contribution in [3.05, 3.63) is 195 Å². The van der Waals surface area contributed by atoms with Gasteiger partial charge in [-0.3, -0.25) is 4.79 Å². The summed E-state index contributed by atoms with van der Waals surface area (Å²) in [6.07, 6.45) is -7.22. The van der Waals surface area contributed by atoms with Gasteiger partial charge in [-0.1, -0.05) is 42.5 Å². The number of ketones is 1. The summed E-state index contributed by atoms with van der Waals surface area (Å²) < 4.78 is 309. The molecule has 0 bridgehead atoms. The van der Waals surface area contributed by atoms with Crippen LogP contribution in [0.25, 0.3) is 10.9 Å². The molecule has 0 aliphatic rings. The van der Waals surface area contributed by atoms with Crippen LogP contribution >= 0.6 is 0 Å². The quantitative estimate of drug-likeness (QED) is 0.0298.